The van der Waals surface area contributed by atoms with Crippen LogP contribution < -0.4 is 10.1 Å². The van der Waals surface area contributed by atoms with Gasteiger partial charge in [0.2, 0.25) is 0 Å². The molecule has 0 amide bonds. The summed E-state index contributed by atoms with van der Waals surface area (Å²) in [6.45, 7) is 0.792. The van der Waals surface area contributed by atoms with Gasteiger partial charge in [-0.2, -0.15) is 0 Å². The second kappa shape index (κ2) is 4.78. The van der Waals surface area contributed by atoms with Crippen molar-refractivity contribution in [3.63, 3.8) is 0 Å². The minimum atomic E-state index is 0.691. The molecule has 5 heteroatoms. The number of nitrogens with zero attached hydrogens (tertiary/aromatic N) is 3. The van der Waals surface area contributed by atoms with Crippen molar-refractivity contribution in [3.8, 4) is 11.4 Å². The quantitative estimate of drug-likeness (QED) is 0.866. The van der Waals surface area contributed by atoms with E-state index in [1.165, 1.54) is 12.8 Å². The van der Waals surface area contributed by atoms with Crippen LogP contribution in [0.4, 0.5) is 0 Å². The minimum absolute atomic E-state index is 0.691. The Labute approximate surface area is 106 Å². The summed E-state index contributed by atoms with van der Waals surface area (Å²) < 4.78 is 6.91. The molecule has 94 valence electrons. The lowest BCUT2D eigenvalue weighted by atomic mass is 10.3. The van der Waals surface area contributed by atoms with Gasteiger partial charge in [-0.25, -0.2) is 4.68 Å². The number of nitrogens with one attached hydrogen (secondary N) is 1. The molecule has 2 aromatic rings. The van der Waals surface area contributed by atoms with Gasteiger partial charge < -0.3 is 10.1 Å². The first kappa shape index (κ1) is 11.2. The van der Waals surface area contributed by atoms with Gasteiger partial charge in [-0.15, -0.1) is 5.10 Å². The van der Waals surface area contributed by atoms with Crippen molar-refractivity contribution in [2.75, 3.05) is 7.11 Å². The molecule has 0 atom stereocenters. The van der Waals surface area contributed by atoms with E-state index in [0.717, 1.165) is 23.7 Å². The Morgan fingerprint density at radius 3 is 2.78 bits per heavy atom. The number of methoxy groups -OCH3 is 1. The highest BCUT2D eigenvalue weighted by Gasteiger charge is 2.20. The molecule has 5 nitrogen and oxygen atoms in total. The summed E-state index contributed by atoms with van der Waals surface area (Å²) in [5, 5.41) is 11.7. The predicted octanol–water partition coefficient (Wildman–Crippen LogP) is 1.53. The fourth-order valence-electron chi connectivity index (χ4n) is 1.78. The molecule has 0 aliphatic heterocycles. The zero-order chi connectivity index (χ0) is 12.4. The Hall–Kier alpha value is -1.88. The molecule has 0 saturated heterocycles. The maximum Gasteiger partial charge on any atom is 0.119 e. The number of rotatable bonds is 5. The van der Waals surface area contributed by atoms with E-state index in [2.05, 4.69) is 15.6 Å². The van der Waals surface area contributed by atoms with Crippen LogP contribution in [0.1, 0.15) is 18.5 Å². The lowest BCUT2D eigenvalue weighted by molar-refractivity contribution is 0.414. The average molecular weight is 244 g/mol. The minimum Gasteiger partial charge on any atom is -0.497 e. The van der Waals surface area contributed by atoms with Gasteiger partial charge in [-0.3, -0.25) is 0 Å². The van der Waals surface area contributed by atoms with Crippen LogP contribution in [0.15, 0.2) is 30.5 Å². The van der Waals surface area contributed by atoms with Crippen LogP contribution in [0.3, 0.4) is 0 Å². The maximum atomic E-state index is 5.13. The molecular weight excluding hydrogens is 228 g/mol. The zero-order valence-corrected chi connectivity index (χ0v) is 10.3. The fraction of sp³-hybridized carbons (Fsp3) is 0.385. The van der Waals surface area contributed by atoms with Crippen LogP contribution in [0.5, 0.6) is 5.75 Å². The lowest BCUT2D eigenvalue weighted by Gasteiger charge is -2.02. The molecule has 1 aromatic heterocycles. The van der Waals surface area contributed by atoms with Gasteiger partial charge >= 0.3 is 0 Å². The molecule has 0 radical (unpaired) electrons. The summed E-state index contributed by atoms with van der Waals surface area (Å²) in [6, 6.07) is 8.45. The number of hydrogen-bond donors (Lipinski definition) is 1. The predicted molar refractivity (Wildman–Crippen MR) is 67.8 cm³/mol. The number of aromatic nitrogens is 3. The van der Waals surface area contributed by atoms with E-state index < -0.39 is 0 Å². The van der Waals surface area contributed by atoms with E-state index >= 15 is 0 Å². The Kier molecular flexibility index (Phi) is 2.98. The van der Waals surface area contributed by atoms with Gasteiger partial charge in [0.1, 0.15) is 5.75 Å². The van der Waals surface area contributed by atoms with Crippen molar-refractivity contribution in [1.29, 1.82) is 0 Å². The first-order valence-electron chi connectivity index (χ1n) is 6.14. The summed E-state index contributed by atoms with van der Waals surface area (Å²) in [5.41, 5.74) is 1.96. The molecule has 1 fully saturated rings. The average Bonchev–Trinajstić information content (AvgIpc) is 3.14. The van der Waals surface area contributed by atoms with Crippen molar-refractivity contribution >= 4 is 0 Å². The molecule has 0 spiro atoms. The summed E-state index contributed by atoms with van der Waals surface area (Å²) >= 11 is 0. The monoisotopic (exact) mass is 244 g/mol. The number of hydrogen-bond acceptors (Lipinski definition) is 4. The first-order chi connectivity index (χ1) is 8.85. The largest absolute Gasteiger partial charge is 0.497 e. The van der Waals surface area contributed by atoms with Crippen LogP contribution in [0.25, 0.3) is 5.69 Å². The van der Waals surface area contributed by atoms with Crippen LogP contribution >= 0.6 is 0 Å². The summed E-state index contributed by atoms with van der Waals surface area (Å²) in [6.07, 6.45) is 4.52. The van der Waals surface area contributed by atoms with Gasteiger partial charge in [0.15, 0.2) is 0 Å². The van der Waals surface area contributed by atoms with Crippen molar-refractivity contribution in [2.45, 2.75) is 25.4 Å². The van der Waals surface area contributed by atoms with Gasteiger partial charge in [0, 0.05) is 12.6 Å². The molecule has 1 N–H and O–H groups in total. The third-order valence-corrected chi connectivity index (χ3v) is 3.03. The molecule has 1 heterocycles. The van der Waals surface area contributed by atoms with Crippen LogP contribution in [-0.2, 0) is 6.54 Å². The SMILES string of the molecule is COc1ccc(-n2cc(CNC3CC3)nn2)cc1. The highest BCUT2D eigenvalue weighted by molar-refractivity contribution is 5.36. The normalized spacial score (nSPS) is 14.7. The Balaban J connectivity index is 1.70. The summed E-state index contributed by atoms with van der Waals surface area (Å²) in [7, 11) is 1.66. The van der Waals surface area contributed by atoms with Crippen molar-refractivity contribution in [1.82, 2.24) is 20.3 Å². The highest BCUT2D eigenvalue weighted by Crippen LogP contribution is 2.19. The van der Waals surface area contributed by atoms with E-state index in [1.807, 2.05) is 30.5 Å². The topological polar surface area (TPSA) is 52.0 Å². The fourth-order valence-corrected chi connectivity index (χ4v) is 1.78. The molecule has 1 aliphatic rings. The van der Waals surface area contributed by atoms with Crippen LogP contribution in [-0.4, -0.2) is 28.1 Å². The number of benzene rings is 1. The van der Waals surface area contributed by atoms with Gasteiger partial charge in [-0.1, -0.05) is 5.21 Å². The Morgan fingerprint density at radius 1 is 1.33 bits per heavy atom. The summed E-state index contributed by atoms with van der Waals surface area (Å²) in [4.78, 5) is 0. The maximum absolute atomic E-state index is 5.13. The molecule has 18 heavy (non-hydrogen) atoms. The molecular formula is C13H16N4O. The van der Waals surface area contributed by atoms with Gasteiger partial charge in [0.25, 0.3) is 0 Å². The number of ether oxygens (including phenoxy) is 1. The summed E-state index contributed by atoms with van der Waals surface area (Å²) in [5.74, 6) is 0.842. The van der Waals surface area contributed by atoms with E-state index in [9.17, 15) is 0 Å². The standard InChI is InChI=1S/C13H16N4O/c1-18-13-6-4-12(5-7-13)17-9-11(15-16-17)8-14-10-2-3-10/h4-7,9-10,14H,2-3,8H2,1H3. The van der Waals surface area contributed by atoms with E-state index in [4.69, 9.17) is 4.74 Å². The lowest BCUT2D eigenvalue weighted by Crippen LogP contribution is -2.15. The van der Waals surface area contributed by atoms with E-state index in [0.29, 0.717) is 6.04 Å². The Bertz CT molecular complexity index is 516. The second-order valence-corrected chi connectivity index (χ2v) is 4.51. The molecule has 1 aromatic carbocycles. The highest BCUT2D eigenvalue weighted by atomic mass is 16.5. The van der Waals surface area contributed by atoms with Gasteiger partial charge in [-0.05, 0) is 37.1 Å². The van der Waals surface area contributed by atoms with Crippen molar-refractivity contribution in [3.05, 3.63) is 36.2 Å². The molecule has 3 rings (SSSR count). The second-order valence-electron chi connectivity index (χ2n) is 4.51. The molecule has 0 unspecified atom stereocenters. The van der Waals surface area contributed by atoms with Crippen LogP contribution in [0.2, 0.25) is 0 Å². The zero-order valence-electron chi connectivity index (χ0n) is 10.3. The smallest absolute Gasteiger partial charge is 0.119 e. The first-order valence-corrected chi connectivity index (χ1v) is 6.14. The van der Waals surface area contributed by atoms with E-state index in [-0.39, 0.29) is 0 Å². The van der Waals surface area contributed by atoms with E-state index in [1.54, 1.807) is 11.8 Å². The third kappa shape index (κ3) is 2.51. The molecule has 1 saturated carbocycles. The third-order valence-electron chi connectivity index (χ3n) is 3.03. The van der Waals surface area contributed by atoms with Crippen molar-refractivity contribution < 1.29 is 4.74 Å². The van der Waals surface area contributed by atoms with Gasteiger partial charge in [0.05, 0.1) is 24.7 Å². The van der Waals surface area contributed by atoms with Crippen LogP contribution in [0, 0.1) is 0 Å². The van der Waals surface area contributed by atoms with Crippen molar-refractivity contribution in [2.24, 2.45) is 0 Å². The Morgan fingerprint density at radius 2 is 2.11 bits per heavy atom. The molecule has 0 bridgehead atoms. The molecule has 1 aliphatic carbocycles.